The fourth-order valence-corrected chi connectivity index (χ4v) is 3.65. The van der Waals surface area contributed by atoms with Gasteiger partial charge in [-0.3, -0.25) is 14.7 Å². The van der Waals surface area contributed by atoms with Gasteiger partial charge in [-0.2, -0.15) is 0 Å². The van der Waals surface area contributed by atoms with Gasteiger partial charge in [0.1, 0.15) is 5.82 Å². The van der Waals surface area contributed by atoms with Crippen molar-refractivity contribution in [1.29, 1.82) is 0 Å². The molecule has 0 spiro atoms. The Balaban J connectivity index is 1.70. The van der Waals surface area contributed by atoms with E-state index >= 15 is 0 Å². The molecule has 1 aliphatic rings. The highest BCUT2D eigenvalue weighted by Crippen LogP contribution is 2.28. The number of hydrogen-bond acceptors (Lipinski definition) is 3. The first-order valence-electron chi connectivity index (χ1n) is 9.31. The lowest BCUT2D eigenvalue weighted by atomic mass is 9.95. The molecule has 2 aromatic carbocycles. The van der Waals surface area contributed by atoms with Crippen molar-refractivity contribution in [3.8, 4) is 0 Å². The number of carbonyl (C=O) groups is 1. The molecule has 138 valence electrons. The second-order valence-electron chi connectivity index (χ2n) is 6.86. The van der Waals surface area contributed by atoms with Crippen LogP contribution in [0.2, 0.25) is 0 Å². The van der Waals surface area contributed by atoms with Gasteiger partial charge in [0.15, 0.2) is 0 Å². The summed E-state index contributed by atoms with van der Waals surface area (Å²) in [5, 5.41) is 3.88. The van der Waals surface area contributed by atoms with Crippen molar-refractivity contribution in [3.63, 3.8) is 0 Å². The van der Waals surface area contributed by atoms with Crippen LogP contribution >= 0.6 is 0 Å². The van der Waals surface area contributed by atoms with E-state index in [2.05, 4.69) is 17.1 Å². The van der Waals surface area contributed by atoms with Crippen LogP contribution < -0.4 is 5.32 Å². The van der Waals surface area contributed by atoms with Gasteiger partial charge in [-0.25, -0.2) is 4.39 Å². The smallest absolute Gasteiger partial charge is 0.252 e. The van der Waals surface area contributed by atoms with E-state index in [1.54, 1.807) is 12.1 Å². The molecule has 27 heavy (non-hydrogen) atoms. The average molecular weight is 363 g/mol. The van der Waals surface area contributed by atoms with Crippen molar-refractivity contribution in [2.75, 3.05) is 13.1 Å². The number of hydrogen-bond donors (Lipinski definition) is 1. The minimum Gasteiger partial charge on any atom is -0.348 e. The van der Waals surface area contributed by atoms with Gasteiger partial charge < -0.3 is 5.32 Å². The Bertz CT molecular complexity index is 985. The average Bonchev–Trinajstić information content (AvgIpc) is 2.71. The number of pyridine rings is 1. The number of amides is 1. The van der Waals surface area contributed by atoms with Crippen molar-refractivity contribution in [3.05, 3.63) is 76.7 Å². The summed E-state index contributed by atoms with van der Waals surface area (Å²) >= 11 is 0. The van der Waals surface area contributed by atoms with Crippen LogP contribution in [0.15, 0.2) is 48.5 Å². The SMILES string of the molecule is CCN1CCc2nc3ccccc3c(C(=O)NCc3ccc(F)cc3)c2C1. The molecule has 1 aliphatic heterocycles. The summed E-state index contributed by atoms with van der Waals surface area (Å²) < 4.78 is 13.1. The van der Waals surface area contributed by atoms with E-state index in [1.165, 1.54) is 12.1 Å². The molecular formula is C22H22FN3O. The van der Waals surface area contributed by atoms with Gasteiger partial charge in [-0.05, 0) is 30.3 Å². The lowest BCUT2D eigenvalue weighted by Gasteiger charge is -2.29. The maximum Gasteiger partial charge on any atom is 0.252 e. The van der Waals surface area contributed by atoms with Crippen LogP contribution in [-0.4, -0.2) is 28.9 Å². The molecule has 5 heteroatoms. The number of nitrogens with zero attached hydrogens (tertiary/aromatic N) is 2. The minimum atomic E-state index is -0.279. The summed E-state index contributed by atoms with van der Waals surface area (Å²) in [5.74, 6) is -0.383. The fourth-order valence-electron chi connectivity index (χ4n) is 3.65. The van der Waals surface area contributed by atoms with E-state index < -0.39 is 0 Å². The van der Waals surface area contributed by atoms with Crippen molar-refractivity contribution in [1.82, 2.24) is 15.2 Å². The first-order valence-corrected chi connectivity index (χ1v) is 9.31. The standard InChI is InChI=1S/C22H22FN3O/c1-2-26-12-11-20-18(14-26)21(17-5-3-4-6-19(17)25-20)22(27)24-13-15-7-9-16(23)10-8-15/h3-10H,2,11-14H2,1H3,(H,24,27). The third kappa shape index (κ3) is 3.55. The molecule has 4 rings (SSSR count). The zero-order chi connectivity index (χ0) is 18.8. The highest BCUT2D eigenvalue weighted by molar-refractivity contribution is 6.07. The highest BCUT2D eigenvalue weighted by Gasteiger charge is 2.25. The molecule has 0 unspecified atom stereocenters. The first-order chi connectivity index (χ1) is 13.2. The Morgan fingerprint density at radius 3 is 2.74 bits per heavy atom. The van der Waals surface area contributed by atoms with Crippen molar-refractivity contribution in [2.24, 2.45) is 0 Å². The molecule has 1 N–H and O–H groups in total. The molecular weight excluding hydrogens is 341 g/mol. The number of aromatic nitrogens is 1. The van der Waals surface area contributed by atoms with Crippen LogP contribution in [0.1, 0.15) is 34.1 Å². The Labute approximate surface area is 158 Å². The number of carbonyl (C=O) groups excluding carboxylic acids is 1. The number of likely N-dealkylation sites (N-methyl/N-ethyl adjacent to an activating group) is 1. The van der Waals surface area contributed by atoms with Crippen LogP contribution in [0, 0.1) is 5.82 Å². The van der Waals surface area contributed by atoms with Crippen molar-refractivity contribution < 1.29 is 9.18 Å². The van der Waals surface area contributed by atoms with Crippen molar-refractivity contribution in [2.45, 2.75) is 26.4 Å². The van der Waals surface area contributed by atoms with Crippen molar-refractivity contribution >= 4 is 16.8 Å². The lowest BCUT2D eigenvalue weighted by Crippen LogP contribution is -2.34. The van der Waals surface area contributed by atoms with Gasteiger partial charge in [0, 0.05) is 42.7 Å². The van der Waals surface area contributed by atoms with E-state index in [0.717, 1.165) is 59.3 Å². The molecule has 1 amide bonds. The minimum absolute atomic E-state index is 0.105. The molecule has 3 aromatic rings. The lowest BCUT2D eigenvalue weighted by molar-refractivity contribution is 0.0949. The monoisotopic (exact) mass is 363 g/mol. The van der Waals surface area contributed by atoms with Gasteiger partial charge in [0.25, 0.3) is 5.91 Å². The topological polar surface area (TPSA) is 45.2 Å². The number of rotatable bonds is 4. The van der Waals surface area contributed by atoms with Gasteiger partial charge in [-0.1, -0.05) is 37.3 Å². The first kappa shape index (κ1) is 17.6. The highest BCUT2D eigenvalue weighted by atomic mass is 19.1. The van der Waals surface area contributed by atoms with Gasteiger partial charge in [0.05, 0.1) is 11.1 Å². The van der Waals surface area contributed by atoms with E-state index in [9.17, 15) is 9.18 Å². The number of benzene rings is 2. The Morgan fingerprint density at radius 2 is 1.96 bits per heavy atom. The van der Waals surface area contributed by atoms with Crippen LogP contribution in [0.3, 0.4) is 0 Å². The molecule has 1 aromatic heterocycles. The third-order valence-electron chi connectivity index (χ3n) is 5.17. The molecule has 2 heterocycles. The summed E-state index contributed by atoms with van der Waals surface area (Å²) in [6.07, 6.45) is 0.853. The van der Waals surface area contributed by atoms with Crippen LogP contribution in [0.4, 0.5) is 4.39 Å². The summed E-state index contributed by atoms with van der Waals surface area (Å²) in [6, 6.07) is 14.0. The summed E-state index contributed by atoms with van der Waals surface area (Å²) in [5.41, 5.74) is 4.49. The quantitative estimate of drug-likeness (QED) is 0.769. The molecule has 0 saturated heterocycles. The Morgan fingerprint density at radius 1 is 1.19 bits per heavy atom. The van der Waals surface area contributed by atoms with Gasteiger partial charge in [-0.15, -0.1) is 0 Å². The third-order valence-corrected chi connectivity index (χ3v) is 5.17. The molecule has 0 fully saturated rings. The predicted molar refractivity (Wildman–Crippen MR) is 104 cm³/mol. The van der Waals surface area contributed by atoms with E-state index in [1.807, 2.05) is 24.3 Å². The Kier molecular flexibility index (Phi) is 4.86. The second-order valence-corrected chi connectivity index (χ2v) is 6.86. The molecule has 4 nitrogen and oxygen atoms in total. The zero-order valence-electron chi connectivity index (χ0n) is 15.3. The van der Waals surface area contributed by atoms with E-state index in [-0.39, 0.29) is 11.7 Å². The van der Waals surface area contributed by atoms with Gasteiger partial charge in [0.2, 0.25) is 0 Å². The zero-order valence-corrected chi connectivity index (χ0v) is 15.3. The largest absolute Gasteiger partial charge is 0.348 e. The molecule has 0 aliphatic carbocycles. The Hall–Kier alpha value is -2.79. The molecule has 0 atom stereocenters. The summed E-state index contributed by atoms with van der Waals surface area (Å²) in [4.78, 5) is 20.3. The van der Waals surface area contributed by atoms with Crippen LogP contribution in [0.25, 0.3) is 10.9 Å². The number of fused-ring (bicyclic) bond motifs is 2. The van der Waals surface area contributed by atoms with Crippen LogP contribution in [-0.2, 0) is 19.5 Å². The number of nitrogens with one attached hydrogen (secondary N) is 1. The summed E-state index contributed by atoms with van der Waals surface area (Å²) in [6.45, 7) is 5.15. The normalized spacial score (nSPS) is 14.1. The molecule has 0 bridgehead atoms. The number of halogens is 1. The van der Waals surface area contributed by atoms with Crippen LogP contribution in [0.5, 0.6) is 0 Å². The summed E-state index contributed by atoms with van der Waals surface area (Å²) in [7, 11) is 0. The number of para-hydroxylation sites is 1. The van der Waals surface area contributed by atoms with Gasteiger partial charge >= 0.3 is 0 Å². The van der Waals surface area contributed by atoms with E-state index in [0.29, 0.717) is 6.54 Å². The molecule has 0 saturated carbocycles. The van der Waals surface area contributed by atoms with E-state index in [4.69, 9.17) is 4.98 Å². The molecule has 0 radical (unpaired) electrons. The maximum absolute atomic E-state index is 13.1. The maximum atomic E-state index is 13.1. The fraction of sp³-hybridized carbons (Fsp3) is 0.273. The second kappa shape index (κ2) is 7.45. The predicted octanol–water partition coefficient (Wildman–Crippen LogP) is 3.68.